The molecule has 0 aliphatic heterocycles. The van der Waals surface area contributed by atoms with Crippen molar-refractivity contribution in [1.82, 2.24) is 9.88 Å². The second-order valence-electron chi connectivity index (χ2n) is 13.3. The first-order chi connectivity index (χ1) is 23.9. The molecule has 1 aromatic heterocycles. The van der Waals surface area contributed by atoms with Crippen molar-refractivity contribution >= 4 is 17.3 Å². The fraction of sp³-hybridized carbons (Fsp3) is 0.579. The lowest BCUT2D eigenvalue weighted by atomic mass is 10.1. The maximum Gasteiger partial charge on any atom is 0.416 e. The number of aliphatic hydroxyl groups is 1. The van der Waals surface area contributed by atoms with E-state index in [-0.39, 0.29) is 22.1 Å². The molecule has 50 heavy (non-hydrogen) atoms. The van der Waals surface area contributed by atoms with Crippen LogP contribution in [0.15, 0.2) is 36.4 Å². The van der Waals surface area contributed by atoms with Gasteiger partial charge >= 0.3 is 12.1 Å². The average molecular weight is 723 g/mol. The number of thiazole rings is 1. The number of benzene rings is 2. The van der Waals surface area contributed by atoms with Crippen LogP contribution in [0.4, 0.5) is 17.6 Å². The number of aromatic carboxylic acids is 1. The molecule has 2 aliphatic carbocycles. The molecule has 0 spiro atoms. The number of rotatable bonds is 19. The molecule has 2 aromatic carbocycles. The van der Waals surface area contributed by atoms with Gasteiger partial charge in [-0.25, -0.2) is 14.2 Å². The van der Waals surface area contributed by atoms with Crippen LogP contribution in [0.2, 0.25) is 0 Å². The summed E-state index contributed by atoms with van der Waals surface area (Å²) in [5, 5.41) is 20.5. The van der Waals surface area contributed by atoms with Gasteiger partial charge in [-0.1, -0.05) is 57.9 Å². The number of aromatic nitrogens is 1. The van der Waals surface area contributed by atoms with Crippen LogP contribution in [-0.4, -0.2) is 59.9 Å². The Morgan fingerprint density at radius 2 is 1.62 bits per heavy atom. The summed E-state index contributed by atoms with van der Waals surface area (Å²) in [6.45, 7) is 5.18. The van der Waals surface area contributed by atoms with Gasteiger partial charge in [-0.2, -0.15) is 13.2 Å². The zero-order valence-corrected chi connectivity index (χ0v) is 30.1. The lowest BCUT2D eigenvalue weighted by Gasteiger charge is -2.25. The van der Waals surface area contributed by atoms with Crippen molar-refractivity contribution in [3.05, 3.63) is 64.0 Å². The normalized spacial score (nSPS) is 15.1. The summed E-state index contributed by atoms with van der Waals surface area (Å²) >= 11 is 1.01. The van der Waals surface area contributed by atoms with Crippen LogP contribution in [0.25, 0.3) is 10.4 Å². The highest BCUT2D eigenvalue weighted by Gasteiger charge is 2.34. The molecule has 1 unspecified atom stereocenters. The number of carbonyl (C=O) groups is 1. The van der Waals surface area contributed by atoms with Gasteiger partial charge in [0.05, 0.1) is 35.8 Å². The number of carboxylic acids is 1. The molecule has 1 heterocycles. The highest BCUT2D eigenvalue weighted by atomic mass is 32.1. The Morgan fingerprint density at radius 3 is 2.20 bits per heavy atom. The van der Waals surface area contributed by atoms with Gasteiger partial charge in [-0.3, -0.25) is 0 Å². The van der Waals surface area contributed by atoms with Gasteiger partial charge in [0.1, 0.15) is 5.82 Å². The predicted molar refractivity (Wildman–Crippen MR) is 188 cm³/mol. The minimum Gasteiger partial charge on any atom is -0.493 e. The van der Waals surface area contributed by atoms with E-state index in [1.54, 1.807) is 14.2 Å². The molecule has 0 radical (unpaired) electrons. The van der Waals surface area contributed by atoms with Gasteiger partial charge in [0.2, 0.25) is 0 Å². The monoisotopic (exact) mass is 722 g/mol. The highest BCUT2D eigenvalue weighted by molar-refractivity contribution is 7.15. The largest absolute Gasteiger partial charge is 0.493 e. The Labute approximate surface area is 296 Å². The standard InChI is InChI=1S/C24H41NO3.C14H9F4NO2S/c1-4-5-6-7-8-9-10-11-16-25(18-20-12-13-20)19-22(26)21-14-15-23(27-2)24(17-21)28-3;15-9-4-7(3-8(5-9)14(16,17)18)11-10(13(20)21)19-12(22-11)6-1-2-6/h14-15,17,20,22,26H,4-13,16,18-19H2,1-3H3;3-6H,1-2H2,(H,20,21). The molecular formula is C38H50F4N2O5S. The van der Waals surface area contributed by atoms with E-state index in [4.69, 9.17) is 14.6 Å². The summed E-state index contributed by atoms with van der Waals surface area (Å²) in [5.41, 5.74) is -0.700. The lowest BCUT2D eigenvalue weighted by Crippen LogP contribution is -2.31. The van der Waals surface area contributed by atoms with E-state index in [2.05, 4.69) is 16.8 Å². The maximum absolute atomic E-state index is 13.5. The van der Waals surface area contributed by atoms with Gasteiger partial charge < -0.3 is 24.6 Å². The van der Waals surface area contributed by atoms with Crippen molar-refractivity contribution in [3.63, 3.8) is 0 Å². The minimum atomic E-state index is -4.70. The number of nitrogens with zero attached hydrogens (tertiary/aromatic N) is 2. The number of alkyl halides is 3. The minimum absolute atomic E-state index is 0.0550. The van der Waals surface area contributed by atoms with Crippen LogP contribution in [0.1, 0.15) is 123 Å². The van der Waals surface area contributed by atoms with Gasteiger partial charge in [0.25, 0.3) is 0 Å². The van der Waals surface area contributed by atoms with Crippen molar-refractivity contribution in [2.24, 2.45) is 5.92 Å². The third-order valence-corrected chi connectivity index (χ3v) is 10.3. The number of unbranched alkanes of at least 4 members (excludes halogenated alkanes) is 7. The fourth-order valence-electron chi connectivity index (χ4n) is 5.87. The quantitative estimate of drug-likeness (QED) is 0.0940. The van der Waals surface area contributed by atoms with Crippen LogP contribution < -0.4 is 9.47 Å². The Bertz CT molecular complexity index is 1520. The molecular weight excluding hydrogens is 672 g/mol. The number of halogens is 4. The SMILES string of the molecule is CCCCCCCCCCN(CC1CC1)CC(O)c1ccc(OC)c(OC)c1.O=C(O)c1nc(C2CC2)sc1-c1cc(F)cc(C(F)(F)F)c1. The molecule has 2 fully saturated rings. The first-order valence-electron chi connectivity index (χ1n) is 17.7. The van der Waals surface area contributed by atoms with Gasteiger partial charge in [-0.15, -0.1) is 11.3 Å². The number of hydrogen-bond acceptors (Lipinski definition) is 7. The molecule has 7 nitrogen and oxygen atoms in total. The Hall–Kier alpha value is -3.22. The van der Waals surface area contributed by atoms with Gasteiger partial charge in [0, 0.05) is 19.0 Å². The third-order valence-electron chi connectivity index (χ3n) is 9.02. The molecule has 3 aromatic rings. The Kier molecular flexibility index (Phi) is 14.9. The molecule has 0 saturated heterocycles. The summed E-state index contributed by atoms with van der Waals surface area (Å²) in [6.07, 6.45) is 9.99. The second kappa shape index (κ2) is 18.9. The second-order valence-corrected chi connectivity index (χ2v) is 14.4. The fourth-order valence-corrected chi connectivity index (χ4v) is 7.08. The van der Waals surface area contributed by atoms with E-state index in [0.29, 0.717) is 29.1 Å². The van der Waals surface area contributed by atoms with Gasteiger partial charge in [0.15, 0.2) is 17.2 Å². The number of carboxylic acid groups (broad SMARTS) is 1. The van der Waals surface area contributed by atoms with Crippen molar-refractivity contribution in [2.75, 3.05) is 33.9 Å². The molecule has 2 saturated carbocycles. The first-order valence-corrected chi connectivity index (χ1v) is 18.5. The lowest BCUT2D eigenvalue weighted by molar-refractivity contribution is -0.137. The molecule has 0 amide bonds. The smallest absolute Gasteiger partial charge is 0.416 e. The topological polar surface area (TPSA) is 92.1 Å². The Morgan fingerprint density at radius 1 is 0.960 bits per heavy atom. The van der Waals surface area contributed by atoms with E-state index >= 15 is 0 Å². The summed E-state index contributed by atoms with van der Waals surface area (Å²) in [5.74, 6) is -0.0271. The molecule has 2 aliphatic rings. The van der Waals surface area contributed by atoms with E-state index in [1.165, 1.54) is 64.2 Å². The van der Waals surface area contributed by atoms with Crippen molar-refractivity contribution in [1.29, 1.82) is 0 Å². The maximum atomic E-state index is 13.5. The average Bonchev–Trinajstić information content (AvgIpc) is 4.04. The van der Waals surface area contributed by atoms with Crippen LogP contribution in [0.5, 0.6) is 11.5 Å². The van der Waals surface area contributed by atoms with Crippen molar-refractivity contribution in [3.8, 4) is 21.9 Å². The van der Waals surface area contributed by atoms with E-state index < -0.39 is 29.6 Å². The number of ether oxygens (including phenoxy) is 2. The number of aliphatic hydroxyl groups excluding tert-OH is 1. The molecule has 1 atom stereocenters. The molecule has 2 N–H and O–H groups in total. The van der Waals surface area contributed by atoms with Crippen LogP contribution >= 0.6 is 11.3 Å². The van der Waals surface area contributed by atoms with Crippen molar-refractivity contribution in [2.45, 2.75) is 102 Å². The van der Waals surface area contributed by atoms with E-state index in [1.807, 2.05) is 18.2 Å². The van der Waals surface area contributed by atoms with Crippen LogP contribution in [0.3, 0.4) is 0 Å². The number of hydrogen-bond donors (Lipinski definition) is 2. The van der Waals surface area contributed by atoms with Crippen molar-refractivity contribution < 1.29 is 42.0 Å². The van der Waals surface area contributed by atoms with E-state index in [0.717, 1.165) is 60.9 Å². The molecule has 5 rings (SSSR count). The van der Waals surface area contributed by atoms with Crippen LogP contribution in [-0.2, 0) is 6.18 Å². The third kappa shape index (κ3) is 12.2. The summed E-state index contributed by atoms with van der Waals surface area (Å²) in [4.78, 5) is 17.8. The van der Waals surface area contributed by atoms with Gasteiger partial charge in [-0.05, 0) is 86.0 Å². The summed E-state index contributed by atoms with van der Waals surface area (Å²) < 4.78 is 62.5. The number of methoxy groups -OCH3 is 2. The first kappa shape index (κ1) is 39.6. The zero-order valence-electron chi connectivity index (χ0n) is 29.2. The predicted octanol–water partition coefficient (Wildman–Crippen LogP) is 10.1. The van der Waals surface area contributed by atoms with Crippen LogP contribution in [0, 0.1) is 11.7 Å². The van der Waals surface area contributed by atoms with E-state index in [9.17, 15) is 27.5 Å². The summed E-state index contributed by atoms with van der Waals surface area (Å²) in [6, 6.07) is 7.74. The summed E-state index contributed by atoms with van der Waals surface area (Å²) in [7, 11) is 3.27. The molecule has 0 bridgehead atoms. The molecule has 276 valence electrons. The highest BCUT2D eigenvalue weighted by Crippen LogP contribution is 2.45. The zero-order chi connectivity index (χ0) is 36.3. The molecule has 12 heteroatoms. The Balaban J connectivity index is 0.000000231.